The van der Waals surface area contributed by atoms with Gasteiger partial charge in [0.1, 0.15) is 17.2 Å². The zero-order valence-electron chi connectivity index (χ0n) is 11.2. The number of carboxylic acid groups (broad SMARTS) is 1. The third-order valence-electron chi connectivity index (χ3n) is 2.87. The van der Waals surface area contributed by atoms with Crippen LogP contribution < -0.4 is 15.2 Å². The smallest absolute Gasteiger partial charge is 0.337 e. The van der Waals surface area contributed by atoms with Crippen LogP contribution in [0.1, 0.15) is 15.9 Å². The van der Waals surface area contributed by atoms with E-state index in [9.17, 15) is 4.79 Å². The van der Waals surface area contributed by atoms with Crippen LogP contribution in [0.3, 0.4) is 0 Å². The summed E-state index contributed by atoms with van der Waals surface area (Å²) < 4.78 is 10.8. The summed E-state index contributed by atoms with van der Waals surface area (Å²) >= 11 is 0. The normalized spacial score (nSPS) is 10.1. The van der Waals surface area contributed by atoms with Crippen LogP contribution in [0.2, 0.25) is 0 Å². The molecular formula is C15H15NO4. The van der Waals surface area contributed by atoms with E-state index in [1.54, 1.807) is 44.4 Å². The lowest BCUT2D eigenvalue weighted by atomic mass is 10.1. The number of nitrogens with two attached hydrogens (primary N) is 1. The van der Waals surface area contributed by atoms with Crippen molar-refractivity contribution in [2.45, 2.75) is 6.92 Å². The van der Waals surface area contributed by atoms with Gasteiger partial charge in [0.15, 0.2) is 0 Å². The summed E-state index contributed by atoms with van der Waals surface area (Å²) in [5.41, 5.74) is 6.67. The first kappa shape index (κ1) is 13.7. The van der Waals surface area contributed by atoms with Gasteiger partial charge in [0.25, 0.3) is 0 Å². The summed E-state index contributed by atoms with van der Waals surface area (Å²) in [6.45, 7) is 1.74. The molecule has 0 aliphatic heterocycles. The Balaban J connectivity index is 2.36. The Morgan fingerprint density at radius 2 is 1.85 bits per heavy atom. The van der Waals surface area contributed by atoms with E-state index in [0.717, 1.165) is 0 Å². The molecule has 0 radical (unpaired) electrons. The van der Waals surface area contributed by atoms with Crippen LogP contribution in [-0.2, 0) is 0 Å². The van der Waals surface area contributed by atoms with E-state index in [0.29, 0.717) is 22.8 Å². The second-order valence-corrected chi connectivity index (χ2v) is 4.29. The Labute approximate surface area is 116 Å². The summed E-state index contributed by atoms with van der Waals surface area (Å²) in [7, 11) is 1.56. The fraction of sp³-hybridized carbons (Fsp3) is 0.133. The van der Waals surface area contributed by atoms with Gasteiger partial charge in [-0.15, -0.1) is 0 Å². The van der Waals surface area contributed by atoms with Crippen molar-refractivity contribution in [1.82, 2.24) is 0 Å². The molecule has 2 rings (SSSR count). The van der Waals surface area contributed by atoms with Crippen LogP contribution in [0.4, 0.5) is 5.69 Å². The summed E-state index contributed by atoms with van der Waals surface area (Å²) in [6.07, 6.45) is 0. The Bertz CT molecular complexity index is 652. The Hall–Kier alpha value is -2.69. The van der Waals surface area contributed by atoms with E-state index < -0.39 is 5.97 Å². The highest BCUT2D eigenvalue weighted by Gasteiger charge is 2.13. The van der Waals surface area contributed by atoms with Gasteiger partial charge in [-0.2, -0.15) is 0 Å². The van der Waals surface area contributed by atoms with Crippen molar-refractivity contribution in [3.05, 3.63) is 47.5 Å². The minimum Gasteiger partial charge on any atom is -0.497 e. The summed E-state index contributed by atoms with van der Waals surface area (Å²) in [4.78, 5) is 11.1. The van der Waals surface area contributed by atoms with Crippen molar-refractivity contribution in [2.24, 2.45) is 0 Å². The molecular weight excluding hydrogens is 258 g/mol. The lowest BCUT2D eigenvalue weighted by Crippen LogP contribution is -2.04. The number of rotatable bonds is 4. The third-order valence-corrected chi connectivity index (χ3v) is 2.87. The molecule has 5 nitrogen and oxygen atoms in total. The van der Waals surface area contributed by atoms with Crippen molar-refractivity contribution < 1.29 is 19.4 Å². The van der Waals surface area contributed by atoms with Gasteiger partial charge < -0.3 is 20.3 Å². The highest BCUT2D eigenvalue weighted by Crippen LogP contribution is 2.29. The number of methoxy groups -OCH3 is 1. The van der Waals surface area contributed by atoms with Crippen LogP contribution in [0.15, 0.2) is 36.4 Å². The molecule has 2 aromatic rings. The van der Waals surface area contributed by atoms with Gasteiger partial charge in [0.05, 0.1) is 12.7 Å². The lowest BCUT2D eigenvalue weighted by Gasteiger charge is -2.11. The fourth-order valence-corrected chi connectivity index (χ4v) is 1.80. The average molecular weight is 273 g/mol. The number of hydrogen-bond acceptors (Lipinski definition) is 4. The molecule has 0 unspecified atom stereocenters. The number of nitrogen functional groups attached to an aromatic ring is 1. The number of aryl methyl sites for hydroxylation is 1. The van der Waals surface area contributed by atoms with E-state index in [-0.39, 0.29) is 11.3 Å². The van der Waals surface area contributed by atoms with Gasteiger partial charge in [-0.25, -0.2) is 4.79 Å². The number of carbonyl (C=O) groups is 1. The molecule has 0 spiro atoms. The van der Waals surface area contributed by atoms with E-state index in [2.05, 4.69) is 0 Å². The summed E-state index contributed by atoms with van der Waals surface area (Å²) in [5.74, 6) is 0.557. The second-order valence-electron chi connectivity index (χ2n) is 4.29. The maximum Gasteiger partial charge on any atom is 0.337 e. The SMILES string of the molecule is COc1cccc(Oc2cc(C)c(N)c(C(=O)O)c2)c1. The van der Waals surface area contributed by atoms with Gasteiger partial charge in [-0.3, -0.25) is 0 Å². The molecule has 2 aromatic carbocycles. The third kappa shape index (κ3) is 2.83. The van der Waals surface area contributed by atoms with Crippen molar-refractivity contribution in [3.63, 3.8) is 0 Å². The van der Waals surface area contributed by atoms with Crippen molar-refractivity contribution in [3.8, 4) is 17.2 Å². The van der Waals surface area contributed by atoms with Gasteiger partial charge >= 0.3 is 5.97 Å². The molecule has 0 aliphatic rings. The molecule has 3 N–H and O–H groups in total. The van der Waals surface area contributed by atoms with Crippen molar-refractivity contribution in [2.75, 3.05) is 12.8 Å². The monoisotopic (exact) mass is 273 g/mol. The maximum atomic E-state index is 11.1. The Morgan fingerprint density at radius 3 is 2.50 bits per heavy atom. The number of hydrogen-bond donors (Lipinski definition) is 2. The molecule has 0 fully saturated rings. The summed E-state index contributed by atoms with van der Waals surface area (Å²) in [6, 6.07) is 10.2. The van der Waals surface area contributed by atoms with E-state index >= 15 is 0 Å². The van der Waals surface area contributed by atoms with Crippen LogP contribution in [0.5, 0.6) is 17.2 Å². The van der Waals surface area contributed by atoms with Crippen molar-refractivity contribution >= 4 is 11.7 Å². The highest BCUT2D eigenvalue weighted by atomic mass is 16.5. The molecule has 0 aromatic heterocycles. The predicted octanol–water partition coefficient (Wildman–Crippen LogP) is 3.08. The van der Waals surface area contributed by atoms with Gasteiger partial charge in [0, 0.05) is 11.8 Å². The topological polar surface area (TPSA) is 81.8 Å². The highest BCUT2D eigenvalue weighted by molar-refractivity contribution is 5.95. The number of aromatic carboxylic acids is 1. The van der Waals surface area contributed by atoms with E-state index in [4.69, 9.17) is 20.3 Å². The van der Waals surface area contributed by atoms with E-state index in [1.807, 2.05) is 0 Å². The molecule has 0 saturated carbocycles. The summed E-state index contributed by atoms with van der Waals surface area (Å²) in [5, 5.41) is 9.11. The predicted molar refractivity (Wildman–Crippen MR) is 75.6 cm³/mol. The van der Waals surface area contributed by atoms with Crippen LogP contribution in [-0.4, -0.2) is 18.2 Å². The average Bonchev–Trinajstić information content (AvgIpc) is 2.42. The zero-order chi connectivity index (χ0) is 14.7. The zero-order valence-corrected chi connectivity index (χ0v) is 11.2. The Morgan fingerprint density at radius 1 is 1.15 bits per heavy atom. The molecule has 0 amide bonds. The maximum absolute atomic E-state index is 11.1. The molecule has 104 valence electrons. The number of benzene rings is 2. The molecule has 5 heteroatoms. The Kier molecular flexibility index (Phi) is 3.79. The molecule has 0 saturated heterocycles. The largest absolute Gasteiger partial charge is 0.497 e. The molecule has 0 heterocycles. The van der Waals surface area contributed by atoms with Crippen LogP contribution in [0.25, 0.3) is 0 Å². The second kappa shape index (κ2) is 5.52. The van der Waals surface area contributed by atoms with Crippen molar-refractivity contribution in [1.29, 1.82) is 0 Å². The van der Waals surface area contributed by atoms with Crippen LogP contribution in [0, 0.1) is 6.92 Å². The van der Waals surface area contributed by atoms with Gasteiger partial charge in [-0.05, 0) is 36.8 Å². The molecule has 20 heavy (non-hydrogen) atoms. The first-order valence-electron chi connectivity index (χ1n) is 5.96. The number of carboxylic acids is 1. The van der Waals surface area contributed by atoms with Crippen LogP contribution >= 0.6 is 0 Å². The molecule has 0 bridgehead atoms. The van der Waals surface area contributed by atoms with Gasteiger partial charge in [-0.1, -0.05) is 6.07 Å². The fourth-order valence-electron chi connectivity index (χ4n) is 1.80. The number of ether oxygens (including phenoxy) is 2. The molecule has 0 atom stereocenters. The molecule has 0 aliphatic carbocycles. The van der Waals surface area contributed by atoms with Gasteiger partial charge in [0.2, 0.25) is 0 Å². The quantitative estimate of drug-likeness (QED) is 0.836. The first-order valence-corrected chi connectivity index (χ1v) is 5.96. The van der Waals surface area contributed by atoms with E-state index in [1.165, 1.54) is 6.07 Å². The number of anilines is 1. The lowest BCUT2D eigenvalue weighted by molar-refractivity contribution is 0.0697. The minimum absolute atomic E-state index is 0.0305. The standard InChI is InChI=1S/C15H15NO4/c1-9-6-12(8-13(14(9)16)15(17)18)20-11-5-3-4-10(7-11)19-2/h3-8H,16H2,1-2H3,(H,17,18). The minimum atomic E-state index is -1.08. The first-order chi connectivity index (χ1) is 9.51.